The van der Waals surface area contributed by atoms with Gasteiger partial charge in [-0.3, -0.25) is 9.59 Å². The van der Waals surface area contributed by atoms with Crippen LogP contribution in [-0.2, 0) is 9.59 Å². The average Bonchev–Trinajstić information content (AvgIpc) is 2.63. The van der Waals surface area contributed by atoms with Crippen molar-refractivity contribution >= 4 is 23.4 Å². The molecule has 1 aliphatic heterocycles. The summed E-state index contributed by atoms with van der Waals surface area (Å²) in [6.45, 7) is 5.71. The van der Waals surface area contributed by atoms with Gasteiger partial charge in [-0.2, -0.15) is 0 Å². The number of rotatable bonds is 6. The summed E-state index contributed by atoms with van der Waals surface area (Å²) in [6, 6.07) is 7.22. The predicted molar refractivity (Wildman–Crippen MR) is 110 cm³/mol. The highest BCUT2D eigenvalue weighted by atomic mass is 35.5. The summed E-state index contributed by atoms with van der Waals surface area (Å²) in [6.07, 6.45) is 5.64. The van der Waals surface area contributed by atoms with Gasteiger partial charge in [0.1, 0.15) is 5.75 Å². The maximum absolute atomic E-state index is 12.8. The van der Waals surface area contributed by atoms with E-state index in [9.17, 15) is 9.59 Å². The minimum Gasteiger partial charge on any atom is -0.478 e. The first kappa shape index (κ1) is 21.0. The summed E-state index contributed by atoms with van der Waals surface area (Å²) < 4.78 is 5.89. The summed E-state index contributed by atoms with van der Waals surface area (Å²) in [5, 5.41) is 6.93. The Labute approximate surface area is 172 Å². The van der Waals surface area contributed by atoms with Gasteiger partial charge >= 0.3 is 0 Å². The van der Waals surface area contributed by atoms with Crippen molar-refractivity contribution in [1.82, 2.24) is 10.6 Å². The molecule has 6 heteroatoms. The van der Waals surface area contributed by atoms with E-state index in [-0.39, 0.29) is 23.9 Å². The van der Waals surface area contributed by atoms with E-state index in [1.165, 1.54) is 0 Å². The van der Waals surface area contributed by atoms with Crippen molar-refractivity contribution in [3.63, 3.8) is 0 Å². The molecule has 1 aliphatic carbocycles. The van der Waals surface area contributed by atoms with Gasteiger partial charge in [-0.15, -0.1) is 0 Å². The number of amides is 2. The summed E-state index contributed by atoms with van der Waals surface area (Å²) in [5.74, 6) is 1.63. The molecular weight excluding hydrogens is 376 g/mol. The fraction of sp³-hybridized carbons (Fsp3) is 0.636. The molecule has 4 unspecified atom stereocenters. The number of benzene rings is 1. The zero-order chi connectivity index (χ0) is 20.3. The molecule has 4 atom stereocenters. The molecule has 0 aromatic heterocycles. The van der Waals surface area contributed by atoms with Gasteiger partial charge in [-0.05, 0) is 75.6 Å². The van der Waals surface area contributed by atoms with Crippen LogP contribution >= 0.6 is 11.6 Å². The van der Waals surface area contributed by atoms with E-state index < -0.39 is 5.60 Å². The van der Waals surface area contributed by atoms with E-state index in [1.54, 1.807) is 38.1 Å². The van der Waals surface area contributed by atoms with E-state index in [0.717, 1.165) is 32.1 Å². The Kier molecular flexibility index (Phi) is 6.54. The van der Waals surface area contributed by atoms with Crippen molar-refractivity contribution in [2.24, 2.45) is 11.8 Å². The van der Waals surface area contributed by atoms with Crippen molar-refractivity contribution in [2.75, 3.05) is 0 Å². The molecule has 2 amide bonds. The first-order chi connectivity index (χ1) is 13.3. The second kappa shape index (κ2) is 8.73. The van der Waals surface area contributed by atoms with Gasteiger partial charge in [-0.1, -0.05) is 24.9 Å². The maximum Gasteiger partial charge on any atom is 0.263 e. The molecule has 154 valence electrons. The quantitative estimate of drug-likeness (QED) is 0.747. The normalized spacial score (nSPS) is 27.5. The van der Waals surface area contributed by atoms with Gasteiger partial charge < -0.3 is 15.4 Å². The molecule has 0 spiro atoms. The van der Waals surface area contributed by atoms with E-state index >= 15 is 0 Å². The van der Waals surface area contributed by atoms with Crippen LogP contribution < -0.4 is 15.4 Å². The Hall–Kier alpha value is -1.75. The fourth-order valence-corrected chi connectivity index (χ4v) is 4.73. The lowest BCUT2D eigenvalue weighted by Gasteiger charge is -2.44. The molecule has 2 N–H and O–H groups in total. The number of ether oxygens (including phenoxy) is 1. The number of hydrogen-bond acceptors (Lipinski definition) is 3. The first-order valence-corrected chi connectivity index (χ1v) is 10.7. The third kappa shape index (κ3) is 4.99. The lowest BCUT2D eigenvalue weighted by Crippen LogP contribution is -2.57. The van der Waals surface area contributed by atoms with Crippen molar-refractivity contribution in [3.05, 3.63) is 29.3 Å². The Morgan fingerprint density at radius 1 is 1.29 bits per heavy atom. The molecule has 0 radical (unpaired) electrons. The van der Waals surface area contributed by atoms with E-state index in [2.05, 4.69) is 17.6 Å². The van der Waals surface area contributed by atoms with Crippen LogP contribution in [-0.4, -0.2) is 29.5 Å². The number of hydrogen-bond donors (Lipinski definition) is 2. The highest BCUT2D eigenvalue weighted by Crippen LogP contribution is 2.37. The molecule has 0 bridgehead atoms. The molecule has 1 aromatic rings. The zero-order valence-corrected chi connectivity index (χ0v) is 17.7. The van der Waals surface area contributed by atoms with Gasteiger partial charge in [-0.25, -0.2) is 0 Å². The van der Waals surface area contributed by atoms with Crippen LogP contribution in [0.1, 0.15) is 59.3 Å². The molecule has 2 fully saturated rings. The van der Waals surface area contributed by atoms with E-state index in [1.807, 2.05) is 0 Å². The van der Waals surface area contributed by atoms with Crippen LogP contribution in [0, 0.1) is 11.8 Å². The van der Waals surface area contributed by atoms with Crippen molar-refractivity contribution in [1.29, 1.82) is 0 Å². The van der Waals surface area contributed by atoms with Crippen molar-refractivity contribution in [2.45, 2.75) is 77.0 Å². The molecule has 1 saturated heterocycles. The van der Waals surface area contributed by atoms with E-state index in [0.29, 0.717) is 29.0 Å². The zero-order valence-electron chi connectivity index (χ0n) is 17.0. The summed E-state index contributed by atoms with van der Waals surface area (Å²) >= 11 is 5.91. The summed E-state index contributed by atoms with van der Waals surface area (Å²) in [4.78, 5) is 24.9. The average molecular weight is 407 g/mol. The molecular formula is C22H31ClN2O3. The third-order valence-electron chi connectivity index (χ3n) is 6.03. The maximum atomic E-state index is 12.8. The van der Waals surface area contributed by atoms with Crippen molar-refractivity contribution < 1.29 is 14.3 Å². The standard InChI is InChI=1S/C22H31ClN2O3/c1-4-5-14-12-20(26)25-19-13-16(8-11-18(14)19)24-21(27)22(2,3)28-17-9-6-15(23)7-10-17/h6-7,9-10,14,16,18-19H,4-5,8,11-13H2,1-3H3,(H,24,27)(H,25,26). The molecule has 2 aliphatic rings. The predicted octanol–water partition coefficient (Wildman–Crippen LogP) is 4.09. The van der Waals surface area contributed by atoms with Gasteiger partial charge in [0.05, 0.1) is 0 Å². The highest BCUT2D eigenvalue weighted by molar-refractivity contribution is 6.30. The Balaban J connectivity index is 1.58. The second-order valence-electron chi connectivity index (χ2n) is 8.64. The van der Waals surface area contributed by atoms with Gasteiger partial charge in [0.15, 0.2) is 5.60 Å². The van der Waals surface area contributed by atoms with Gasteiger partial charge in [0.2, 0.25) is 5.91 Å². The molecule has 5 nitrogen and oxygen atoms in total. The van der Waals surface area contributed by atoms with Crippen LogP contribution in [0.3, 0.4) is 0 Å². The Morgan fingerprint density at radius 3 is 2.68 bits per heavy atom. The fourth-order valence-electron chi connectivity index (χ4n) is 4.60. The van der Waals surface area contributed by atoms with Crippen LogP contribution in [0.2, 0.25) is 5.02 Å². The molecule has 28 heavy (non-hydrogen) atoms. The first-order valence-electron chi connectivity index (χ1n) is 10.3. The van der Waals surface area contributed by atoms with Crippen LogP contribution in [0.4, 0.5) is 0 Å². The lowest BCUT2D eigenvalue weighted by molar-refractivity contribution is -0.135. The van der Waals surface area contributed by atoms with Crippen LogP contribution in [0.15, 0.2) is 24.3 Å². The number of carbonyl (C=O) groups is 2. The number of halogens is 1. The third-order valence-corrected chi connectivity index (χ3v) is 6.28. The van der Waals surface area contributed by atoms with Gasteiger partial charge in [0, 0.05) is 23.5 Å². The van der Waals surface area contributed by atoms with Crippen molar-refractivity contribution in [3.8, 4) is 5.75 Å². The van der Waals surface area contributed by atoms with Gasteiger partial charge in [0.25, 0.3) is 5.91 Å². The number of piperidine rings is 1. The minimum absolute atomic E-state index is 0.0579. The Bertz CT molecular complexity index is 704. The molecule has 1 saturated carbocycles. The minimum atomic E-state index is -0.995. The number of fused-ring (bicyclic) bond motifs is 1. The summed E-state index contributed by atoms with van der Waals surface area (Å²) in [7, 11) is 0. The SMILES string of the molecule is CCCC1CC(=O)NC2CC(NC(=O)C(C)(C)Oc3ccc(Cl)cc3)CCC12. The topological polar surface area (TPSA) is 67.4 Å². The monoisotopic (exact) mass is 406 g/mol. The smallest absolute Gasteiger partial charge is 0.263 e. The summed E-state index contributed by atoms with van der Waals surface area (Å²) in [5.41, 5.74) is -0.995. The second-order valence-corrected chi connectivity index (χ2v) is 9.08. The largest absolute Gasteiger partial charge is 0.478 e. The number of carbonyl (C=O) groups excluding carboxylic acids is 2. The molecule has 1 aromatic carbocycles. The molecule has 1 heterocycles. The molecule has 3 rings (SSSR count). The van der Waals surface area contributed by atoms with E-state index in [4.69, 9.17) is 16.3 Å². The Morgan fingerprint density at radius 2 is 2.00 bits per heavy atom. The number of nitrogens with one attached hydrogen (secondary N) is 2. The van der Waals surface area contributed by atoms with Crippen LogP contribution in [0.5, 0.6) is 5.75 Å². The lowest BCUT2D eigenvalue weighted by atomic mass is 9.70. The van der Waals surface area contributed by atoms with Crippen LogP contribution in [0.25, 0.3) is 0 Å². The highest BCUT2D eigenvalue weighted by Gasteiger charge is 2.41.